The molecule has 0 amide bonds. The molecule has 2 heteroatoms. The van der Waals surface area contributed by atoms with Crippen molar-refractivity contribution >= 4 is 5.97 Å². The zero-order chi connectivity index (χ0) is 8.84. The molecule has 3 atom stereocenters. The predicted octanol–water partition coefficient (Wildman–Crippen LogP) is 1.57. The number of rotatable bonds is 1. The second-order valence-electron chi connectivity index (χ2n) is 3.76. The summed E-state index contributed by atoms with van der Waals surface area (Å²) in [6, 6.07) is 10.2. The Morgan fingerprint density at radius 1 is 1.15 bits per heavy atom. The Bertz CT molecular complexity index is 344. The molecule has 0 aromatic heterocycles. The minimum absolute atomic E-state index is 0.00106. The molecule has 1 saturated heterocycles. The first-order valence-corrected chi connectivity index (χ1v) is 4.59. The fourth-order valence-corrected chi connectivity index (χ4v) is 2.31. The van der Waals surface area contributed by atoms with Crippen molar-refractivity contribution in [3.63, 3.8) is 0 Å². The SMILES string of the molecule is O=C1OC[C@H]2[C@@H]1[C@H]2c1ccccc1. The van der Waals surface area contributed by atoms with Crippen molar-refractivity contribution in [2.75, 3.05) is 6.61 Å². The Hall–Kier alpha value is -1.31. The second kappa shape index (κ2) is 2.34. The Balaban J connectivity index is 1.88. The molecule has 13 heavy (non-hydrogen) atoms. The minimum Gasteiger partial charge on any atom is -0.465 e. The molecule has 2 nitrogen and oxygen atoms in total. The predicted molar refractivity (Wildman–Crippen MR) is 47.1 cm³/mol. The van der Waals surface area contributed by atoms with Crippen molar-refractivity contribution in [2.45, 2.75) is 5.92 Å². The second-order valence-corrected chi connectivity index (χ2v) is 3.76. The van der Waals surface area contributed by atoms with E-state index in [0.717, 1.165) is 0 Å². The summed E-state index contributed by atoms with van der Waals surface area (Å²) >= 11 is 0. The maximum Gasteiger partial charge on any atom is 0.310 e. The lowest BCUT2D eigenvalue weighted by molar-refractivity contribution is -0.141. The molecule has 1 aliphatic carbocycles. The Labute approximate surface area is 76.5 Å². The average Bonchev–Trinajstić information content (AvgIpc) is 2.80. The summed E-state index contributed by atoms with van der Waals surface area (Å²) in [7, 11) is 0. The maximum absolute atomic E-state index is 11.2. The third kappa shape index (κ3) is 0.916. The Morgan fingerprint density at radius 3 is 2.54 bits per heavy atom. The van der Waals surface area contributed by atoms with E-state index in [9.17, 15) is 4.79 Å². The van der Waals surface area contributed by atoms with Crippen LogP contribution in [-0.4, -0.2) is 12.6 Å². The van der Waals surface area contributed by atoms with Crippen LogP contribution in [0, 0.1) is 11.8 Å². The fourth-order valence-electron chi connectivity index (χ4n) is 2.31. The number of benzene rings is 1. The number of carbonyl (C=O) groups excluding carboxylic acids is 1. The van der Waals surface area contributed by atoms with Crippen LogP contribution in [0.25, 0.3) is 0 Å². The third-order valence-electron chi connectivity index (χ3n) is 3.04. The van der Waals surface area contributed by atoms with Crippen molar-refractivity contribution in [1.29, 1.82) is 0 Å². The number of carbonyl (C=O) groups is 1. The van der Waals surface area contributed by atoms with Crippen LogP contribution in [0.15, 0.2) is 30.3 Å². The van der Waals surface area contributed by atoms with Gasteiger partial charge in [0.15, 0.2) is 0 Å². The smallest absolute Gasteiger partial charge is 0.310 e. The molecular weight excluding hydrogens is 164 g/mol. The molecule has 2 fully saturated rings. The van der Waals surface area contributed by atoms with Crippen LogP contribution < -0.4 is 0 Å². The third-order valence-corrected chi connectivity index (χ3v) is 3.04. The first-order valence-electron chi connectivity index (χ1n) is 4.59. The van der Waals surface area contributed by atoms with Gasteiger partial charge in [-0.3, -0.25) is 4.79 Å². The normalized spacial score (nSPS) is 35.4. The lowest BCUT2D eigenvalue weighted by Gasteiger charge is -2.03. The van der Waals surface area contributed by atoms with Crippen LogP contribution in [0.1, 0.15) is 11.5 Å². The molecule has 0 spiro atoms. The largest absolute Gasteiger partial charge is 0.465 e. The van der Waals surface area contributed by atoms with Crippen molar-refractivity contribution in [3.05, 3.63) is 35.9 Å². The molecule has 3 rings (SSSR count). The molecule has 2 aliphatic rings. The van der Waals surface area contributed by atoms with Gasteiger partial charge in [-0.05, 0) is 5.56 Å². The number of esters is 1. The molecule has 0 unspecified atom stereocenters. The van der Waals surface area contributed by atoms with Crippen LogP contribution >= 0.6 is 0 Å². The summed E-state index contributed by atoms with van der Waals surface area (Å²) in [6.07, 6.45) is 0. The van der Waals surface area contributed by atoms with Gasteiger partial charge in [0.05, 0.1) is 12.5 Å². The van der Waals surface area contributed by atoms with Crippen LogP contribution in [0.5, 0.6) is 0 Å². The average molecular weight is 174 g/mol. The van der Waals surface area contributed by atoms with Gasteiger partial charge in [-0.1, -0.05) is 30.3 Å². The lowest BCUT2D eigenvalue weighted by Crippen LogP contribution is -2.03. The highest BCUT2D eigenvalue weighted by atomic mass is 16.5. The zero-order valence-electron chi connectivity index (χ0n) is 7.14. The van der Waals surface area contributed by atoms with E-state index in [1.165, 1.54) is 5.56 Å². The summed E-state index contributed by atoms with van der Waals surface area (Å²) in [4.78, 5) is 11.2. The topological polar surface area (TPSA) is 26.3 Å². The summed E-state index contributed by atoms with van der Waals surface area (Å²) in [6.45, 7) is 0.628. The zero-order valence-corrected chi connectivity index (χ0v) is 7.14. The number of fused-ring (bicyclic) bond motifs is 1. The van der Waals surface area contributed by atoms with Crippen molar-refractivity contribution in [3.8, 4) is 0 Å². The quantitative estimate of drug-likeness (QED) is 0.604. The van der Waals surface area contributed by atoms with Crippen molar-refractivity contribution < 1.29 is 9.53 Å². The highest BCUT2D eigenvalue weighted by molar-refractivity contribution is 5.80. The molecule has 1 saturated carbocycles. The van der Waals surface area contributed by atoms with Crippen molar-refractivity contribution in [2.24, 2.45) is 11.8 Å². The summed E-state index contributed by atoms with van der Waals surface area (Å²) in [5, 5.41) is 0. The van der Waals surface area contributed by atoms with E-state index in [1.54, 1.807) is 0 Å². The summed E-state index contributed by atoms with van der Waals surface area (Å²) in [5.41, 5.74) is 1.29. The highest BCUT2D eigenvalue weighted by Crippen LogP contribution is 2.57. The van der Waals surface area contributed by atoms with E-state index < -0.39 is 0 Å². The highest BCUT2D eigenvalue weighted by Gasteiger charge is 2.60. The van der Waals surface area contributed by atoms with Crippen LogP contribution in [0.2, 0.25) is 0 Å². The van der Waals surface area contributed by atoms with Crippen LogP contribution in [-0.2, 0) is 9.53 Å². The van der Waals surface area contributed by atoms with E-state index in [0.29, 0.717) is 18.4 Å². The summed E-state index contributed by atoms with van der Waals surface area (Å²) in [5.74, 6) is 1.08. The molecule has 66 valence electrons. The van der Waals surface area contributed by atoms with Crippen LogP contribution in [0.4, 0.5) is 0 Å². The Morgan fingerprint density at radius 2 is 1.92 bits per heavy atom. The Kier molecular flexibility index (Phi) is 1.29. The van der Waals surface area contributed by atoms with Crippen molar-refractivity contribution in [1.82, 2.24) is 0 Å². The molecule has 0 bridgehead atoms. The number of cyclic esters (lactones) is 1. The number of ether oxygens (including phenoxy) is 1. The lowest BCUT2D eigenvalue weighted by atomic mass is 10.1. The van der Waals surface area contributed by atoms with E-state index in [1.807, 2.05) is 18.2 Å². The van der Waals surface area contributed by atoms with Gasteiger partial charge in [0.1, 0.15) is 0 Å². The standard InChI is InChI=1S/C11H10O2/c12-11-10-8(6-13-11)9(10)7-4-2-1-3-5-7/h1-5,8-10H,6H2/t8-,9+,10-/m1/s1. The molecule has 1 heterocycles. The first kappa shape index (κ1) is 7.13. The van der Waals surface area contributed by atoms with Gasteiger partial charge in [-0.25, -0.2) is 0 Å². The van der Waals surface area contributed by atoms with E-state index >= 15 is 0 Å². The van der Waals surface area contributed by atoms with Crippen LogP contribution in [0.3, 0.4) is 0 Å². The molecule has 0 radical (unpaired) electrons. The van der Waals surface area contributed by atoms with E-state index in [-0.39, 0.29) is 11.9 Å². The minimum atomic E-state index is -0.00106. The van der Waals surface area contributed by atoms with Gasteiger partial charge in [-0.15, -0.1) is 0 Å². The molecule has 1 aliphatic heterocycles. The maximum atomic E-state index is 11.2. The molecule has 0 N–H and O–H groups in total. The monoisotopic (exact) mass is 174 g/mol. The van der Waals surface area contributed by atoms with Gasteiger partial charge >= 0.3 is 5.97 Å². The fraction of sp³-hybridized carbons (Fsp3) is 0.364. The van der Waals surface area contributed by atoms with Gasteiger partial charge < -0.3 is 4.74 Å². The van der Waals surface area contributed by atoms with Gasteiger partial charge in [0, 0.05) is 11.8 Å². The molecule has 1 aromatic carbocycles. The molecular formula is C11H10O2. The first-order chi connectivity index (χ1) is 6.38. The van der Waals surface area contributed by atoms with Gasteiger partial charge in [-0.2, -0.15) is 0 Å². The number of hydrogen-bond donors (Lipinski definition) is 0. The summed E-state index contributed by atoms with van der Waals surface area (Å²) < 4.78 is 4.93. The van der Waals surface area contributed by atoms with Gasteiger partial charge in [0.2, 0.25) is 0 Å². The van der Waals surface area contributed by atoms with E-state index in [2.05, 4.69) is 12.1 Å². The van der Waals surface area contributed by atoms with Gasteiger partial charge in [0.25, 0.3) is 0 Å². The number of hydrogen-bond acceptors (Lipinski definition) is 2. The molecule has 1 aromatic rings. The van der Waals surface area contributed by atoms with E-state index in [4.69, 9.17) is 4.74 Å².